The summed E-state index contributed by atoms with van der Waals surface area (Å²) in [6, 6.07) is 11.5. The van der Waals surface area contributed by atoms with E-state index in [-0.39, 0.29) is 6.61 Å². The molecule has 3 heteroatoms. The number of aliphatic hydroxyl groups is 2. The molecule has 0 aliphatic heterocycles. The molecule has 1 unspecified atom stereocenters. The van der Waals surface area contributed by atoms with Gasteiger partial charge >= 0.3 is 0 Å². The van der Waals surface area contributed by atoms with Crippen molar-refractivity contribution in [2.24, 2.45) is 5.41 Å². The van der Waals surface area contributed by atoms with Gasteiger partial charge in [0.2, 0.25) is 0 Å². The van der Waals surface area contributed by atoms with Crippen LogP contribution in [0.15, 0.2) is 36.4 Å². The van der Waals surface area contributed by atoms with Crippen LogP contribution in [0.25, 0.3) is 10.9 Å². The lowest BCUT2D eigenvalue weighted by Gasteiger charge is -2.27. The second-order valence-corrected chi connectivity index (χ2v) is 4.98. The third-order valence-electron chi connectivity index (χ3n) is 3.05. The Morgan fingerprint density at radius 2 is 1.88 bits per heavy atom. The topological polar surface area (TPSA) is 53.4 Å². The van der Waals surface area contributed by atoms with Gasteiger partial charge in [-0.2, -0.15) is 0 Å². The highest BCUT2D eigenvalue weighted by molar-refractivity contribution is 5.78. The number of rotatable bonds is 3. The third kappa shape index (κ3) is 2.30. The van der Waals surface area contributed by atoms with Gasteiger partial charge in [0.25, 0.3) is 0 Å². The van der Waals surface area contributed by atoms with Crippen LogP contribution < -0.4 is 0 Å². The van der Waals surface area contributed by atoms with Crippen LogP contribution in [0.2, 0.25) is 0 Å². The van der Waals surface area contributed by atoms with Crippen molar-refractivity contribution in [1.29, 1.82) is 0 Å². The molecule has 0 aliphatic rings. The Morgan fingerprint density at radius 1 is 1.18 bits per heavy atom. The number of nitrogens with zero attached hydrogens (tertiary/aromatic N) is 1. The molecule has 0 bridgehead atoms. The molecule has 2 aromatic rings. The summed E-state index contributed by atoms with van der Waals surface area (Å²) < 4.78 is 0. The fourth-order valence-electron chi connectivity index (χ4n) is 1.72. The predicted molar refractivity (Wildman–Crippen MR) is 67.6 cm³/mol. The van der Waals surface area contributed by atoms with Crippen LogP contribution in [0.4, 0.5) is 0 Å². The third-order valence-corrected chi connectivity index (χ3v) is 3.05. The first kappa shape index (κ1) is 12.0. The Hall–Kier alpha value is -1.45. The number of aliphatic hydroxyl groups excluding tert-OH is 2. The highest BCUT2D eigenvalue weighted by Crippen LogP contribution is 2.32. The lowest BCUT2D eigenvalue weighted by Crippen LogP contribution is -2.26. The van der Waals surface area contributed by atoms with E-state index in [1.807, 2.05) is 50.2 Å². The van der Waals surface area contributed by atoms with Gasteiger partial charge in [0.05, 0.1) is 17.8 Å². The molecule has 0 saturated carbocycles. The zero-order valence-electron chi connectivity index (χ0n) is 10.1. The fraction of sp³-hybridized carbons (Fsp3) is 0.357. The van der Waals surface area contributed by atoms with Crippen molar-refractivity contribution in [3.8, 4) is 0 Å². The number of benzene rings is 1. The first-order valence-electron chi connectivity index (χ1n) is 5.69. The molecule has 1 aromatic carbocycles. The van der Waals surface area contributed by atoms with Crippen LogP contribution in [0.5, 0.6) is 0 Å². The molecule has 0 spiro atoms. The monoisotopic (exact) mass is 231 g/mol. The molecule has 1 heterocycles. The minimum Gasteiger partial charge on any atom is -0.396 e. The number of hydrogen-bond acceptors (Lipinski definition) is 3. The van der Waals surface area contributed by atoms with Gasteiger partial charge in [0.15, 0.2) is 0 Å². The Labute approximate surface area is 101 Å². The summed E-state index contributed by atoms with van der Waals surface area (Å²) in [6.07, 6.45) is -0.767. The van der Waals surface area contributed by atoms with E-state index in [1.54, 1.807) is 0 Å². The van der Waals surface area contributed by atoms with Crippen LogP contribution in [-0.2, 0) is 0 Å². The van der Waals surface area contributed by atoms with Gasteiger partial charge < -0.3 is 10.2 Å². The van der Waals surface area contributed by atoms with E-state index in [4.69, 9.17) is 0 Å². The van der Waals surface area contributed by atoms with Gasteiger partial charge in [0, 0.05) is 10.8 Å². The summed E-state index contributed by atoms with van der Waals surface area (Å²) >= 11 is 0. The first-order valence-corrected chi connectivity index (χ1v) is 5.69. The summed E-state index contributed by atoms with van der Waals surface area (Å²) in [4.78, 5) is 4.43. The van der Waals surface area contributed by atoms with Crippen LogP contribution in [0, 0.1) is 5.41 Å². The van der Waals surface area contributed by atoms with Crippen molar-refractivity contribution in [3.05, 3.63) is 42.1 Å². The van der Waals surface area contributed by atoms with Crippen molar-refractivity contribution in [2.75, 3.05) is 6.61 Å². The maximum absolute atomic E-state index is 10.2. The summed E-state index contributed by atoms with van der Waals surface area (Å²) in [7, 11) is 0. The van der Waals surface area contributed by atoms with Gasteiger partial charge in [-0.3, -0.25) is 4.98 Å². The Kier molecular flexibility index (Phi) is 3.13. The molecule has 0 aliphatic carbocycles. The molecule has 90 valence electrons. The Bertz CT molecular complexity index is 522. The van der Waals surface area contributed by atoms with Gasteiger partial charge in [0.1, 0.15) is 6.10 Å². The molecule has 1 atom stereocenters. The standard InChI is InChI=1S/C14H17NO2/c1-14(2,9-16)13(17)12-8-7-10-5-3-4-6-11(10)15-12/h3-8,13,16-17H,9H2,1-2H3. The minimum atomic E-state index is -0.767. The lowest BCUT2D eigenvalue weighted by molar-refractivity contribution is 0.00391. The van der Waals surface area contributed by atoms with Crippen LogP contribution in [-0.4, -0.2) is 21.8 Å². The van der Waals surface area contributed by atoms with E-state index in [9.17, 15) is 10.2 Å². The van der Waals surface area contributed by atoms with Crippen molar-refractivity contribution in [2.45, 2.75) is 20.0 Å². The smallest absolute Gasteiger partial charge is 0.103 e. The zero-order chi connectivity index (χ0) is 12.5. The van der Waals surface area contributed by atoms with Crippen LogP contribution >= 0.6 is 0 Å². The molecule has 3 nitrogen and oxygen atoms in total. The molecule has 0 amide bonds. The highest BCUT2D eigenvalue weighted by Gasteiger charge is 2.29. The molecule has 2 N–H and O–H groups in total. The zero-order valence-corrected chi connectivity index (χ0v) is 10.1. The van der Waals surface area contributed by atoms with Gasteiger partial charge in [-0.1, -0.05) is 38.1 Å². The summed E-state index contributed by atoms with van der Waals surface area (Å²) in [5.74, 6) is 0. The maximum atomic E-state index is 10.2. The number of para-hydroxylation sites is 1. The molecule has 2 rings (SSSR count). The molecular formula is C14H17NO2. The second kappa shape index (κ2) is 4.43. The SMILES string of the molecule is CC(C)(CO)C(O)c1ccc2ccccc2n1. The fourth-order valence-corrected chi connectivity index (χ4v) is 1.72. The summed E-state index contributed by atoms with van der Waals surface area (Å²) in [6.45, 7) is 3.55. The predicted octanol–water partition coefficient (Wildman–Crippen LogP) is 2.29. The first-order chi connectivity index (χ1) is 8.04. The number of fused-ring (bicyclic) bond motifs is 1. The minimum absolute atomic E-state index is 0.0807. The normalized spacial score (nSPS) is 13.9. The molecule has 1 aromatic heterocycles. The highest BCUT2D eigenvalue weighted by atomic mass is 16.3. The van der Waals surface area contributed by atoms with E-state index >= 15 is 0 Å². The number of pyridine rings is 1. The number of hydrogen-bond donors (Lipinski definition) is 2. The molecule has 0 fully saturated rings. The molecule has 17 heavy (non-hydrogen) atoms. The molecule has 0 radical (unpaired) electrons. The second-order valence-electron chi connectivity index (χ2n) is 4.98. The van der Waals surface area contributed by atoms with E-state index in [0.29, 0.717) is 5.69 Å². The van der Waals surface area contributed by atoms with E-state index in [0.717, 1.165) is 10.9 Å². The summed E-state index contributed by atoms with van der Waals surface area (Å²) in [5, 5.41) is 20.5. The van der Waals surface area contributed by atoms with Gasteiger partial charge in [-0.05, 0) is 12.1 Å². The van der Waals surface area contributed by atoms with Crippen LogP contribution in [0.3, 0.4) is 0 Å². The van der Waals surface area contributed by atoms with Crippen molar-refractivity contribution in [1.82, 2.24) is 4.98 Å². The lowest BCUT2D eigenvalue weighted by atomic mass is 9.85. The van der Waals surface area contributed by atoms with Crippen molar-refractivity contribution < 1.29 is 10.2 Å². The summed E-state index contributed by atoms with van der Waals surface area (Å²) in [5.41, 5.74) is 0.871. The Balaban J connectivity index is 2.43. The maximum Gasteiger partial charge on any atom is 0.103 e. The average Bonchev–Trinajstić information content (AvgIpc) is 2.37. The van der Waals surface area contributed by atoms with Crippen molar-refractivity contribution >= 4 is 10.9 Å². The van der Waals surface area contributed by atoms with E-state index in [2.05, 4.69) is 4.98 Å². The van der Waals surface area contributed by atoms with Crippen LogP contribution in [0.1, 0.15) is 25.6 Å². The van der Waals surface area contributed by atoms with E-state index in [1.165, 1.54) is 0 Å². The molecular weight excluding hydrogens is 214 g/mol. The quantitative estimate of drug-likeness (QED) is 0.852. The Morgan fingerprint density at radius 3 is 2.59 bits per heavy atom. The van der Waals surface area contributed by atoms with Gasteiger partial charge in [-0.25, -0.2) is 0 Å². The van der Waals surface area contributed by atoms with Crippen molar-refractivity contribution in [3.63, 3.8) is 0 Å². The average molecular weight is 231 g/mol. The molecule has 0 saturated heterocycles. The largest absolute Gasteiger partial charge is 0.396 e. The number of aromatic nitrogens is 1. The van der Waals surface area contributed by atoms with E-state index < -0.39 is 11.5 Å². The van der Waals surface area contributed by atoms with Gasteiger partial charge in [-0.15, -0.1) is 0 Å².